The van der Waals surface area contributed by atoms with Crippen molar-refractivity contribution in [2.24, 2.45) is 4.99 Å². The minimum absolute atomic E-state index is 0. The second kappa shape index (κ2) is 12.5. The fraction of sp³-hybridized carbons (Fsp3) is 0.333. The Morgan fingerprint density at radius 3 is 2.58 bits per heavy atom. The van der Waals surface area contributed by atoms with Crippen molar-refractivity contribution >= 4 is 47.2 Å². The van der Waals surface area contributed by atoms with E-state index >= 15 is 0 Å². The average molecular weight is 488 g/mol. The Bertz CT molecular complexity index is 663. The van der Waals surface area contributed by atoms with Crippen LogP contribution in [-0.4, -0.2) is 50.6 Å². The number of aliphatic imine (C=N–C) groups is 1. The molecule has 0 spiro atoms. The van der Waals surface area contributed by atoms with E-state index in [1.807, 2.05) is 41.8 Å². The van der Waals surface area contributed by atoms with Gasteiger partial charge in [0, 0.05) is 19.0 Å². The standard InChI is InChI=1S/C18H24N4O2S.HI/c1-22(2)17(23)14-21-18(20-13-16-9-6-12-25-16)19-10-11-24-15-7-4-3-5-8-15;/h3-9,12H,10-11,13-14H2,1-2H3,(H2,19,20,21);1H. The van der Waals surface area contributed by atoms with Gasteiger partial charge in [0.05, 0.1) is 13.1 Å². The Hall–Kier alpha value is -1.81. The van der Waals surface area contributed by atoms with Gasteiger partial charge in [0.25, 0.3) is 0 Å². The number of thiophene rings is 1. The molecule has 0 aliphatic carbocycles. The number of rotatable bonds is 8. The van der Waals surface area contributed by atoms with Crippen LogP contribution in [0.3, 0.4) is 0 Å². The fourth-order valence-corrected chi connectivity index (χ4v) is 2.55. The van der Waals surface area contributed by atoms with E-state index in [9.17, 15) is 4.79 Å². The van der Waals surface area contributed by atoms with Gasteiger partial charge in [-0.05, 0) is 23.6 Å². The van der Waals surface area contributed by atoms with Crippen LogP contribution in [0.15, 0.2) is 52.8 Å². The quantitative estimate of drug-likeness (QED) is 0.260. The van der Waals surface area contributed by atoms with E-state index < -0.39 is 0 Å². The number of carbonyl (C=O) groups excluding carboxylic acids is 1. The minimum atomic E-state index is -0.0437. The van der Waals surface area contributed by atoms with Crippen molar-refractivity contribution in [1.82, 2.24) is 15.5 Å². The number of carbonyl (C=O) groups is 1. The van der Waals surface area contributed by atoms with Crippen molar-refractivity contribution in [3.05, 3.63) is 52.7 Å². The molecule has 1 aromatic carbocycles. The first-order valence-corrected chi connectivity index (χ1v) is 8.95. The summed E-state index contributed by atoms with van der Waals surface area (Å²) in [4.78, 5) is 18.8. The van der Waals surface area contributed by atoms with Crippen molar-refractivity contribution in [3.63, 3.8) is 0 Å². The molecule has 1 amide bonds. The summed E-state index contributed by atoms with van der Waals surface area (Å²) in [6.07, 6.45) is 0. The Kier molecular flexibility index (Phi) is 10.7. The van der Waals surface area contributed by atoms with Crippen LogP contribution in [0.4, 0.5) is 0 Å². The van der Waals surface area contributed by atoms with E-state index in [1.54, 1.807) is 25.4 Å². The van der Waals surface area contributed by atoms with Gasteiger partial charge < -0.3 is 20.3 Å². The molecule has 0 aliphatic heterocycles. The maximum absolute atomic E-state index is 11.7. The molecule has 0 saturated carbocycles. The SMILES string of the molecule is CN(C)C(=O)CN=C(NCCOc1ccccc1)NCc1cccs1.I. The molecule has 2 N–H and O–H groups in total. The first-order valence-electron chi connectivity index (χ1n) is 8.07. The van der Waals surface area contributed by atoms with Crippen LogP contribution in [-0.2, 0) is 11.3 Å². The largest absolute Gasteiger partial charge is 0.492 e. The molecular weight excluding hydrogens is 463 g/mol. The Labute approximate surface area is 175 Å². The zero-order valence-electron chi connectivity index (χ0n) is 15.0. The lowest BCUT2D eigenvalue weighted by molar-refractivity contribution is -0.127. The van der Waals surface area contributed by atoms with Gasteiger partial charge in [0.2, 0.25) is 5.91 Å². The molecule has 0 atom stereocenters. The highest BCUT2D eigenvalue weighted by atomic mass is 127. The minimum Gasteiger partial charge on any atom is -0.492 e. The fourth-order valence-electron chi connectivity index (χ4n) is 1.90. The van der Waals surface area contributed by atoms with E-state index in [4.69, 9.17) is 4.74 Å². The highest BCUT2D eigenvalue weighted by molar-refractivity contribution is 14.0. The number of benzene rings is 1. The number of nitrogens with zero attached hydrogens (tertiary/aromatic N) is 2. The van der Waals surface area contributed by atoms with E-state index in [0.717, 1.165) is 5.75 Å². The summed E-state index contributed by atoms with van der Waals surface area (Å²) in [6, 6.07) is 13.7. The molecule has 26 heavy (non-hydrogen) atoms. The summed E-state index contributed by atoms with van der Waals surface area (Å²) >= 11 is 1.67. The van der Waals surface area contributed by atoms with E-state index in [-0.39, 0.29) is 36.4 Å². The zero-order chi connectivity index (χ0) is 17.9. The number of hydrogen-bond donors (Lipinski definition) is 2. The van der Waals surface area contributed by atoms with Crippen LogP contribution in [0, 0.1) is 0 Å². The van der Waals surface area contributed by atoms with Crippen molar-refractivity contribution in [3.8, 4) is 5.75 Å². The van der Waals surface area contributed by atoms with E-state index in [0.29, 0.717) is 25.7 Å². The molecule has 1 aromatic heterocycles. The normalized spacial score (nSPS) is 10.6. The molecule has 1 heterocycles. The van der Waals surface area contributed by atoms with Crippen molar-refractivity contribution in [2.75, 3.05) is 33.8 Å². The second-order valence-electron chi connectivity index (χ2n) is 5.47. The number of amides is 1. The van der Waals surface area contributed by atoms with Crippen molar-refractivity contribution in [2.45, 2.75) is 6.54 Å². The van der Waals surface area contributed by atoms with Gasteiger partial charge >= 0.3 is 0 Å². The number of halogens is 1. The molecule has 6 nitrogen and oxygen atoms in total. The molecule has 142 valence electrons. The van der Waals surface area contributed by atoms with Crippen molar-refractivity contribution < 1.29 is 9.53 Å². The van der Waals surface area contributed by atoms with Crippen LogP contribution >= 0.6 is 35.3 Å². The monoisotopic (exact) mass is 488 g/mol. The molecule has 0 bridgehead atoms. The zero-order valence-corrected chi connectivity index (χ0v) is 18.1. The summed E-state index contributed by atoms with van der Waals surface area (Å²) in [6.45, 7) is 1.86. The van der Waals surface area contributed by atoms with Gasteiger partial charge in [-0.15, -0.1) is 35.3 Å². The number of ether oxygens (including phenoxy) is 1. The maximum atomic E-state index is 11.7. The van der Waals surface area contributed by atoms with Gasteiger partial charge in [-0.3, -0.25) is 4.79 Å². The summed E-state index contributed by atoms with van der Waals surface area (Å²) in [5, 5.41) is 8.46. The predicted octanol–water partition coefficient (Wildman–Crippen LogP) is 2.57. The lowest BCUT2D eigenvalue weighted by Crippen LogP contribution is -2.40. The van der Waals surface area contributed by atoms with Crippen LogP contribution in [0.25, 0.3) is 0 Å². The van der Waals surface area contributed by atoms with E-state index in [2.05, 4.69) is 21.7 Å². The van der Waals surface area contributed by atoms with Gasteiger partial charge in [-0.25, -0.2) is 4.99 Å². The first kappa shape index (κ1) is 22.2. The second-order valence-corrected chi connectivity index (χ2v) is 6.51. The highest BCUT2D eigenvalue weighted by Gasteiger charge is 2.05. The third-order valence-electron chi connectivity index (χ3n) is 3.29. The molecule has 0 radical (unpaired) electrons. The molecule has 0 fully saturated rings. The van der Waals surface area contributed by atoms with Gasteiger partial charge in [-0.2, -0.15) is 0 Å². The number of nitrogens with one attached hydrogen (secondary N) is 2. The van der Waals surface area contributed by atoms with Gasteiger partial charge in [0.1, 0.15) is 18.9 Å². The van der Waals surface area contributed by atoms with Crippen LogP contribution < -0.4 is 15.4 Å². The topological polar surface area (TPSA) is 66.0 Å². The third kappa shape index (κ3) is 8.52. The Balaban J connectivity index is 0.00000338. The van der Waals surface area contributed by atoms with Gasteiger partial charge in [-0.1, -0.05) is 24.3 Å². The number of para-hydroxylation sites is 1. The number of guanidine groups is 1. The smallest absolute Gasteiger partial charge is 0.243 e. The summed E-state index contributed by atoms with van der Waals surface area (Å²) in [7, 11) is 3.44. The predicted molar refractivity (Wildman–Crippen MR) is 118 cm³/mol. The lowest BCUT2D eigenvalue weighted by atomic mass is 10.3. The molecule has 0 unspecified atom stereocenters. The van der Waals surface area contributed by atoms with Gasteiger partial charge in [0.15, 0.2) is 5.96 Å². The molecule has 2 aromatic rings. The lowest BCUT2D eigenvalue weighted by Gasteiger charge is -2.14. The van der Waals surface area contributed by atoms with Crippen molar-refractivity contribution in [1.29, 1.82) is 0 Å². The summed E-state index contributed by atoms with van der Waals surface area (Å²) < 4.78 is 5.65. The maximum Gasteiger partial charge on any atom is 0.243 e. The molecule has 2 rings (SSSR count). The number of hydrogen-bond acceptors (Lipinski definition) is 4. The average Bonchev–Trinajstić information content (AvgIpc) is 3.14. The van der Waals surface area contributed by atoms with Crippen LogP contribution in [0.2, 0.25) is 0 Å². The summed E-state index contributed by atoms with van der Waals surface area (Å²) in [5.41, 5.74) is 0. The summed E-state index contributed by atoms with van der Waals surface area (Å²) in [5.74, 6) is 1.38. The molecule has 8 heteroatoms. The van der Waals surface area contributed by atoms with E-state index in [1.165, 1.54) is 9.78 Å². The number of likely N-dealkylation sites (N-methyl/N-ethyl adjacent to an activating group) is 1. The molecule has 0 aliphatic rings. The van der Waals surface area contributed by atoms with Crippen LogP contribution in [0.1, 0.15) is 4.88 Å². The highest BCUT2D eigenvalue weighted by Crippen LogP contribution is 2.08. The first-order chi connectivity index (χ1) is 12.1. The third-order valence-corrected chi connectivity index (χ3v) is 4.16. The molecular formula is C18H25IN4O2S. The Morgan fingerprint density at radius 1 is 1.15 bits per heavy atom. The Morgan fingerprint density at radius 2 is 1.92 bits per heavy atom. The molecule has 0 saturated heterocycles. The van der Waals surface area contributed by atoms with Crippen LogP contribution in [0.5, 0.6) is 5.75 Å².